The van der Waals surface area contributed by atoms with Crippen LogP contribution in [-0.4, -0.2) is 67.6 Å². The lowest BCUT2D eigenvalue weighted by molar-refractivity contribution is 0.0948. The van der Waals surface area contributed by atoms with E-state index in [1.54, 1.807) is 31.4 Å². The maximum atomic E-state index is 12.1. The van der Waals surface area contributed by atoms with Crippen molar-refractivity contribution in [1.82, 2.24) is 15.2 Å². The first-order valence-electron chi connectivity index (χ1n) is 8.78. The highest BCUT2D eigenvalue weighted by molar-refractivity contribution is 5.94. The average molecular weight is 373 g/mol. The molecule has 0 unspecified atom stereocenters. The normalized spacial score (nSPS) is 14.3. The third-order valence-corrected chi connectivity index (χ3v) is 4.50. The predicted octanol–water partition coefficient (Wildman–Crippen LogP) is 0.400. The first-order chi connectivity index (χ1) is 12.7. The Morgan fingerprint density at radius 3 is 2.52 bits per heavy atom. The molecule has 1 fully saturated rings. The molecule has 1 aromatic carbocycles. The van der Waals surface area contributed by atoms with Gasteiger partial charge in [0.1, 0.15) is 5.82 Å². The lowest BCUT2D eigenvalue weighted by Gasteiger charge is -2.35. The standard InChI is InChI=1S/C19H25N5O2.H2O/c1-26-18-4-2-3-17(22-18)24-13-11-23(12-14-24)10-9-21-19(25)15-5-7-16(20)8-6-15;/h2-8H,9-14,20H2,1H3,(H,21,25);1H2. The zero-order valence-electron chi connectivity index (χ0n) is 15.5. The number of amides is 1. The molecule has 27 heavy (non-hydrogen) atoms. The molecule has 8 heteroatoms. The maximum Gasteiger partial charge on any atom is 0.251 e. The van der Waals surface area contributed by atoms with E-state index in [1.165, 1.54) is 0 Å². The minimum Gasteiger partial charge on any atom is -0.481 e. The van der Waals surface area contributed by atoms with Crippen LogP contribution in [-0.2, 0) is 0 Å². The molecular formula is C19H27N5O3. The van der Waals surface area contributed by atoms with Crippen LogP contribution in [0.25, 0.3) is 0 Å². The number of rotatable bonds is 6. The second-order valence-corrected chi connectivity index (χ2v) is 6.24. The van der Waals surface area contributed by atoms with Gasteiger partial charge in [-0.15, -0.1) is 0 Å². The lowest BCUT2D eigenvalue weighted by Crippen LogP contribution is -2.48. The van der Waals surface area contributed by atoms with Crippen LogP contribution >= 0.6 is 0 Å². The fraction of sp³-hybridized carbons (Fsp3) is 0.368. The largest absolute Gasteiger partial charge is 0.481 e. The summed E-state index contributed by atoms with van der Waals surface area (Å²) in [6.45, 7) is 5.16. The predicted molar refractivity (Wildman–Crippen MR) is 106 cm³/mol. The number of anilines is 2. The molecule has 1 amide bonds. The van der Waals surface area contributed by atoms with Crippen molar-refractivity contribution in [3.8, 4) is 5.88 Å². The Morgan fingerprint density at radius 2 is 1.85 bits per heavy atom. The van der Waals surface area contributed by atoms with Crippen molar-refractivity contribution in [3.63, 3.8) is 0 Å². The highest BCUT2D eigenvalue weighted by atomic mass is 16.5. The van der Waals surface area contributed by atoms with Crippen molar-refractivity contribution in [3.05, 3.63) is 48.0 Å². The van der Waals surface area contributed by atoms with Crippen LogP contribution in [0, 0.1) is 0 Å². The van der Waals surface area contributed by atoms with Gasteiger partial charge in [0.2, 0.25) is 5.88 Å². The molecule has 2 heterocycles. The number of ether oxygens (including phenoxy) is 1. The molecule has 0 aliphatic carbocycles. The Balaban J connectivity index is 0.00000261. The fourth-order valence-corrected chi connectivity index (χ4v) is 2.96. The van der Waals surface area contributed by atoms with Crippen LogP contribution in [0.5, 0.6) is 5.88 Å². The number of carbonyl (C=O) groups excluding carboxylic acids is 1. The Bertz CT molecular complexity index is 730. The van der Waals surface area contributed by atoms with E-state index in [9.17, 15) is 4.79 Å². The van der Waals surface area contributed by atoms with Crippen molar-refractivity contribution in [2.75, 3.05) is 57.0 Å². The summed E-state index contributed by atoms with van der Waals surface area (Å²) in [5, 5.41) is 2.96. The van der Waals surface area contributed by atoms with E-state index in [-0.39, 0.29) is 11.4 Å². The Labute approximate surface area is 159 Å². The zero-order chi connectivity index (χ0) is 18.4. The molecule has 1 aromatic heterocycles. The molecule has 0 spiro atoms. The van der Waals surface area contributed by atoms with Gasteiger partial charge in [-0.2, -0.15) is 4.98 Å². The number of nitrogens with one attached hydrogen (secondary N) is 1. The molecule has 0 bridgehead atoms. The first kappa shape index (κ1) is 20.5. The summed E-state index contributed by atoms with van der Waals surface area (Å²) < 4.78 is 5.19. The number of methoxy groups -OCH3 is 1. The zero-order valence-corrected chi connectivity index (χ0v) is 15.5. The third-order valence-electron chi connectivity index (χ3n) is 4.50. The van der Waals surface area contributed by atoms with Gasteiger partial charge in [-0.25, -0.2) is 0 Å². The summed E-state index contributed by atoms with van der Waals surface area (Å²) in [5.41, 5.74) is 6.93. The summed E-state index contributed by atoms with van der Waals surface area (Å²) in [7, 11) is 1.63. The van der Waals surface area contributed by atoms with Crippen LogP contribution in [0.15, 0.2) is 42.5 Å². The van der Waals surface area contributed by atoms with Crippen molar-refractivity contribution < 1.29 is 15.0 Å². The van der Waals surface area contributed by atoms with Crippen LogP contribution in [0.2, 0.25) is 0 Å². The van der Waals surface area contributed by atoms with Crippen LogP contribution in [0.4, 0.5) is 11.5 Å². The van der Waals surface area contributed by atoms with Gasteiger partial charge in [0.05, 0.1) is 7.11 Å². The minimum atomic E-state index is -0.0655. The SMILES string of the molecule is COc1cccc(N2CCN(CCNC(=O)c3ccc(N)cc3)CC2)n1.O. The van der Waals surface area contributed by atoms with Crippen LogP contribution < -0.4 is 20.7 Å². The summed E-state index contributed by atoms with van der Waals surface area (Å²) in [4.78, 5) is 21.2. The number of piperazine rings is 1. The average Bonchev–Trinajstić information content (AvgIpc) is 2.69. The molecule has 0 atom stereocenters. The number of hydrogen-bond donors (Lipinski definition) is 2. The smallest absolute Gasteiger partial charge is 0.251 e. The number of nitrogens with zero attached hydrogens (tertiary/aromatic N) is 3. The van der Waals surface area contributed by atoms with Gasteiger partial charge in [0.25, 0.3) is 5.91 Å². The van der Waals surface area contributed by atoms with E-state index in [4.69, 9.17) is 10.5 Å². The van der Waals surface area contributed by atoms with Gasteiger partial charge < -0.3 is 26.2 Å². The third kappa shape index (κ3) is 5.57. The van der Waals surface area contributed by atoms with E-state index < -0.39 is 0 Å². The summed E-state index contributed by atoms with van der Waals surface area (Å²) in [6.07, 6.45) is 0. The van der Waals surface area contributed by atoms with E-state index in [0.29, 0.717) is 23.7 Å². The van der Waals surface area contributed by atoms with E-state index >= 15 is 0 Å². The molecule has 1 saturated heterocycles. The second-order valence-electron chi connectivity index (χ2n) is 6.24. The number of carbonyl (C=O) groups is 1. The van der Waals surface area contributed by atoms with Gasteiger partial charge in [-0.3, -0.25) is 9.69 Å². The summed E-state index contributed by atoms with van der Waals surface area (Å²) in [5.74, 6) is 1.51. The van der Waals surface area contributed by atoms with Crippen molar-refractivity contribution in [1.29, 1.82) is 0 Å². The number of nitrogens with two attached hydrogens (primary N) is 1. The summed E-state index contributed by atoms with van der Waals surface area (Å²) >= 11 is 0. The van der Waals surface area contributed by atoms with Gasteiger partial charge in [0.15, 0.2) is 0 Å². The number of pyridine rings is 1. The number of hydrogen-bond acceptors (Lipinski definition) is 6. The molecule has 5 N–H and O–H groups in total. The van der Waals surface area contributed by atoms with Crippen LogP contribution in [0.3, 0.4) is 0 Å². The molecule has 1 aliphatic rings. The highest BCUT2D eigenvalue weighted by Crippen LogP contribution is 2.17. The van der Waals surface area contributed by atoms with Crippen molar-refractivity contribution >= 4 is 17.4 Å². The van der Waals surface area contributed by atoms with Gasteiger partial charge in [0, 0.05) is 56.6 Å². The van der Waals surface area contributed by atoms with Crippen molar-refractivity contribution in [2.24, 2.45) is 0 Å². The topological polar surface area (TPSA) is 115 Å². The second kappa shape index (κ2) is 9.75. The molecule has 2 aromatic rings. The first-order valence-corrected chi connectivity index (χ1v) is 8.78. The quantitative estimate of drug-likeness (QED) is 0.708. The summed E-state index contributed by atoms with van der Waals surface area (Å²) in [6, 6.07) is 12.8. The Kier molecular flexibility index (Phi) is 7.39. The van der Waals surface area contributed by atoms with Crippen LogP contribution in [0.1, 0.15) is 10.4 Å². The Hall–Kier alpha value is -2.84. The van der Waals surface area contributed by atoms with Gasteiger partial charge >= 0.3 is 0 Å². The lowest BCUT2D eigenvalue weighted by atomic mass is 10.2. The number of aromatic nitrogens is 1. The van der Waals surface area contributed by atoms with E-state index in [2.05, 4.69) is 20.1 Å². The van der Waals surface area contributed by atoms with Gasteiger partial charge in [-0.1, -0.05) is 6.07 Å². The highest BCUT2D eigenvalue weighted by Gasteiger charge is 2.18. The number of nitrogen functional groups attached to an aromatic ring is 1. The molecular weight excluding hydrogens is 346 g/mol. The maximum absolute atomic E-state index is 12.1. The fourth-order valence-electron chi connectivity index (χ4n) is 2.96. The number of benzene rings is 1. The van der Waals surface area contributed by atoms with Gasteiger partial charge in [-0.05, 0) is 30.3 Å². The molecule has 1 aliphatic heterocycles. The molecule has 8 nitrogen and oxygen atoms in total. The van der Waals surface area contributed by atoms with E-state index in [0.717, 1.165) is 38.5 Å². The monoisotopic (exact) mass is 373 g/mol. The minimum absolute atomic E-state index is 0. The van der Waals surface area contributed by atoms with Crippen molar-refractivity contribution in [2.45, 2.75) is 0 Å². The van der Waals surface area contributed by atoms with E-state index in [1.807, 2.05) is 18.2 Å². The molecule has 146 valence electrons. The molecule has 0 radical (unpaired) electrons. The molecule has 3 rings (SSSR count). The molecule has 0 saturated carbocycles. The Morgan fingerprint density at radius 1 is 1.15 bits per heavy atom.